The topological polar surface area (TPSA) is 49.0 Å². The molecule has 19 heavy (non-hydrogen) atoms. The van der Waals surface area contributed by atoms with Crippen LogP contribution in [0.5, 0.6) is 0 Å². The largest absolute Gasteiger partial charge is 0.347 e. The summed E-state index contributed by atoms with van der Waals surface area (Å²) in [5.41, 5.74) is 3.30. The van der Waals surface area contributed by atoms with E-state index in [1.807, 2.05) is 23.1 Å². The number of benzene rings is 1. The summed E-state index contributed by atoms with van der Waals surface area (Å²) in [5, 5.41) is 0.730. The lowest BCUT2D eigenvalue weighted by atomic mass is 10.0. The fraction of sp³-hybridized carbons (Fsp3) is 0.286. The summed E-state index contributed by atoms with van der Waals surface area (Å²) in [6.07, 6.45) is 4.67. The van der Waals surface area contributed by atoms with Crippen LogP contribution in [0.25, 0.3) is 0 Å². The van der Waals surface area contributed by atoms with E-state index in [4.69, 9.17) is 11.6 Å². The second-order valence-electron chi connectivity index (χ2n) is 4.74. The standard InChI is InChI=1S/C14H14ClN3O/c15-12-3-1-11-7-18(8-13-6-16-9-17-13)14(19)4-2-10(11)5-12/h1,3,5-6,9H,2,4,7-8H2,(H,16,17). The molecule has 1 amide bonds. The van der Waals surface area contributed by atoms with Crippen molar-refractivity contribution in [3.05, 3.63) is 52.6 Å². The van der Waals surface area contributed by atoms with Crippen LogP contribution in [0.1, 0.15) is 23.2 Å². The Morgan fingerprint density at radius 2 is 2.21 bits per heavy atom. The zero-order chi connectivity index (χ0) is 13.2. The van der Waals surface area contributed by atoms with Gasteiger partial charge in [0, 0.05) is 24.2 Å². The van der Waals surface area contributed by atoms with E-state index in [0.29, 0.717) is 19.5 Å². The van der Waals surface area contributed by atoms with Crippen molar-refractivity contribution in [2.45, 2.75) is 25.9 Å². The number of carbonyl (C=O) groups is 1. The predicted octanol–water partition coefficient (Wildman–Crippen LogP) is 2.54. The van der Waals surface area contributed by atoms with E-state index in [1.54, 1.807) is 12.5 Å². The molecule has 0 unspecified atom stereocenters. The van der Waals surface area contributed by atoms with Crippen LogP contribution >= 0.6 is 11.6 Å². The Bertz CT molecular complexity index is 595. The smallest absolute Gasteiger partial charge is 0.223 e. The van der Waals surface area contributed by atoms with Crippen LogP contribution in [-0.4, -0.2) is 20.8 Å². The van der Waals surface area contributed by atoms with E-state index >= 15 is 0 Å². The highest BCUT2D eigenvalue weighted by Gasteiger charge is 2.21. The molecule has 0 saturated carbocycles. The number of H-pyrrole nitrogens is 1. The molecule has 98 valence electrons. The highest BCUT2D eigenvalue weighted by molar-refractivity contribution is 6.30. The number of imidazole rings is 1. The van der Waals surface area contributed by atoms with Crippen molar-refractivity contribution in [3.8, 4) is 0 Å². The van der Waals surface area contributed by atoms with Gasteiger partial charge in [0.2, 0.25) is 5.91 Å². The highest BCUT2D eigenvalue weighted by atomic mass is 35.5. The summed E-state index contributed by atoms with van der Waals surface area (Å²) in [5.74, 6) is 0.168. The third-order valence-electron chi connectivity index (χ3n) is 3.41. The molecule has 0 bridgehead atoms. The summed E-state index contributed by atoms with van der Waals surface area (Å²) < 4.78 is 0. The van der Waals surface area contributed by atoms with Gasteiger partial charge in [-0.1, -0.05) is 17.7 Å². The SMILES string of the molecule is O=C1CCc2cc(Cl)ccc2CN1Cc1cnc[nH]1. The quantitative estimate of drug-likeness (QED) is 0.916. The van der Waals surface area contributed by atoms with Gasteiger partial charge in [-0.05, 0) is 29.7 Å². The van der Waals surface area contributed by atoms with Gasteiger partial charge in [0.15, 0.2) is 0 Å². The van der Waals surface area contributed by atoms with Gasteiger partial charge < -0.3 is 9.88 Å². The minimum atomic E-state index is 0.168. The maximum Gasteiger partial charge on any atom is 0.223 e. The molecule has 0 spiro atoms. The van der Waals surface area contributed by atoms with Crippen LogP contribution in [0.2, 0.25) is 5.02 Å². The third kappa shape index (κ3) is 2.63. The monoisotopic (exact) mass is 275 g/mol. The molecule has 0 aliphatic carbocycles. The number of nitrogens with zero attached hydrogens (tertiary/aromatic N) is 2. The molecular formula is C14H14ClN3O. The van der Waals surface area contributed by atoms with Crippen molar-refractivity contribution >= 4 is 17.5 Å². The van der Waals surface area contributed by atoms with Crippen molar-refractivity contribution in [2.75, 3.05) is 0 Å². The first-order valence-corrected chi connectivity index (χ1v) is 6.62. The van der Waals surface area contributed by atoms with Gasteiger partial charge in [0.25, 0.3) is 0 Å². The molecular weight excluding hydrogens is 262 g/mol. The number of hydrogen-bond acceptors (Lipinski definition) is 2. The van der Waals surface area contributed by atoms with Crippen molar-refractivity contribution in [1.29, 1.82) is 0 Å². The lowest BCUT2D eigenvalue weighted by molar-refractivity contribution is -0.132. The molecule has 0 atom stereocenters. The normalized spacial score (nSPS) is 15.2. The molecule has 0 saturated heterocycles. The molecule has 1 aromatic carbocycles. The minimum absolute atomic E-state index is 0.168. The Kier molecular flexibility index (Phi) is 3.25. The van der Waals surface area contributed by atoms with E-state index in [9.17, 15) is 4.79 Å². The molecule has 0 fully saturated rings. The fourth-order valence-electron chi connectivity index (χ4n) is 2.40. The first-order valence-electron chi connectivity index (χ1n) is 6.25. The number of aryl methyl sites for hydroxylation is 1. The molecule has 1 aliphatic rings. The molecule has 1 aromatic heterocycles. The summed E-state index contributed by atoms with van der Waals surface area (Å²) in [7, 11) is 0. The van der Waals surface area contributed by atoms with E-state index in [1.165, 1.54) is 11.1 Å². The summed E-state index contributed by atoms with van der Waals surface area (Å²) >= 11 is 6.01. The molecule has 4 nitrogen and oxygen atoms in total. The van der Waals surface area contributed by atoms with Crippen molar-refractivity contribution in [1.82, 2.24) is 14.9 Å². The van der Waals surface area contributed by atoms with Gasteiger partial charge in [0.05, 0.1) is 18.6 Å². The number of aromatic amines is 1. The summed E-state index contributed by atoms with van der Waals surface area (Å²) in [6, 6.07) is 5.85. The van der Waals surface area contributed by atoms with Crippen molar-refractivity contribution < 1.29 is 4.79 Å². The van der Waals surface area contributed by atoms with Gasteiger partial charge in [0.1, 0.15) is 0 Å². The first-order chi connectivity index (χ1) is 9.22. The zero-order valence-corrected chi connectivity index (χ0v) is 11.2. The summed E-state index contributed by atoms with van der Waals surface area (Å²) in [4.78, 5) is 21.0. The minimum Gasteiger partial charge on any atom is -0.347 e. The third-order valence-corrected chi connectivity index (χ3v) is 3.64. The van der Waals surface area contributed by atoms with E-state index in [2.05, 4.69) is 9.97 Å². The van der Waals surface area contributed by atoms with Crippen LogP contribution in [0, 0.1) is 0 Å². The molecule has 2 heterocycles. The number of carbonyl (C=O) groups excluding carboxylic acids is 1. The van der Waals surface area contributed by atoms with Crippen LogP contribution < -0.4 is 0 Å². The Balaban J connectivity index is 1.85. The first kappa shape index (κ1) is 12.2. The Morgan fingerprint density at radius 1 is 1.32 bits per heavy atom. The van der Waals surface area contributed by atoms with Gasteiger partial charge in [-0.3, -0.25) is 4.79 Å². The van der Waals surface area contributed by atoms with Gasteiger partial charge in [-0.15, -0.1) is 0 Å². The molecule has 3 rings (SSSR count). The Hall–Kier alpha value is -1.81. The second-order valence-corrected chi connectivity index (χ2v) is 5.18. The van der Waals surface area contributed by atoms with Gasteiger partial charge in [-0.25, -0.2) is 4.98 Å². The average Bonchev–Trinajstić information content (AvgIpc) is 2.85. The number of rotatable bonds is 2. The maximum absolute atomic E-state index is 12.2. The van der Waals surface area contributed by atoms with E-state index in [0.717, 1.165) is 17.1 Å². The van der Waals surface area contributed by atoms with Crippen molar-refractivity contribution in [3.63, 3.8) is 0 Å². The number of halogens is 1. The second kappa shape index (κ2) is 5.05. The van der Waals surface area contributed by atoms with Gasteiger partial charge in [-0.2, -0.15) is 0 Å². The zero-order valence-electron chi connectivity index (χ0n) is 10.4. The molecule has 2 aromatic rings. The number of amides is 1. The maximum atomic E-state index is 12.2. The van der Waals surface area contributed by atoms with Crippen LogP contribution in [0.3, 0.4) is 0 Å². The number of hydrogen-bond donors (Lipinski definition) is 1. The Morgan fingerprint density at radius 3 is 3.00 bits per heavy atom. The lowest BCUT2D eigenvalue weighted by Gasteiger charge is -2.20. The van der Waals surface area contributed by atoms with E-state index < -0.39 is 0 Å². The molecule has 5 heteroatoms. The summed E-state index contributed by atoms with van der Waals surface area (Å²) in [6.45, 7) is 1.20. The van der Waals surface area contributed by atoms with Crippen molar-refractivity contribution in [2.24, 2.45) is 0 Å². The lowest BCUT2D eigenvalue weighted by Crippen LogP contribution is -2.28. The molecule has 1 aliphatic heterocycles. The fourth-order valence-corrected chi connectivity index (χ4v) is 2.59. The van der Waals surface area contributed by atoms with E-state index in [-0.39, 0.29) is 5.91 Å². The highest BCUT2D eigenvalue weighted by Crippen LogP contribution is 2.23. The number of nitrogens with one attached hydrogen (secondary N) is 1. The predicted molar refractivity (Wildman–Crippen MR) is 72.6 cm³/mol. The van der Waals surface area contributed by atoms with Crippen LogP contribution in [0.4, 0.5) is 0 Å². The molecule has 0 radical (unpaired) electrons. The average molecular weight is 276 g/mol. The Labute approximate surface area is 116 Å². The number of aromatic nitrogens is 2. The molecule has 1 N–H and O–H groups in total. The van der Waals surface area contributed by atoms with Gasteiger partial charge >= 0.3 is 0 Å². The van der Waals surface area contributed by atoms with Crippen LogP contribution in [-0.2, 0) is 24.3 Å². The number of fused-ring (bicyclic) bond motifs is 1. The van der Waals surface area contributed by atoms with Crippen LogP contribution in [0.15, 0.2) is 30.7 Å².